The molecule has 0 spiro atoms. The molecule has 1 aromatic carbocycles. The molecule has 0 radical (unpaired) electrons. The van der Waals surface area contributed by atoms with Crippen molar-refractivity contribution in [2.24, 2.45) is 5.92 Å². The Morgan fingerprint density at radius 2 is 2.25 bits per heavy atom. The summed E-state index contributed by atoms with van der Waals surface area (Å²) >= 11 is 6.14. The Kier molecular flexibility index (Phi) is 5.53. The molecule has 1 aromatic heterocycles. The van der Waals surface area contributed by atoms with Crippen molar-refractivity contribution in [1.82, 2.24) is 10.3 Å². The lowest BCUT2D eigenvalue weighted by Crippen LogP contribution is -2.35. The first kappa shape index (κ1) is 17.0. The molecule has 0 aliphatic heterocycles. The van der Waals surface area contributed by atoms with Crippen molar-refractivity contribution in [1.29, 1.82) is 0 Å². The highest BCUT2D eigenvalue weighted by atomic mass is 35.5. The van der Waals surface area contributed by atoms with Crippen molar-refractivity contribution < 1.29 is 14.6 Å². The van der Waals surface area contributed by atoms with E-state index in [1.54, 1.807) is 18.3 Å². The summed E-state index contributed by atoms with van der Waals surface area (Å²) in [7, 11) is 0. The number of pyridine rings is 1. The van der Waals surface area contributed by atoms with Crippen molar-refractivity contribution in [3.8, 4) is 5.75 Å². The number of aliphatic hydroxyl groups is 1. The van der Waals surface area contributed by atoms with E-state index in [-0.39, 0.29) is 18.6 Å². The Bertz CT molecular complexity index is 722. The lowest BCUT2D eigenvalue weighted by Gasteiger charge is -2.25. The lowest BCUT2D eigenvalue weighted by atomic mass is 9.87. The van der Waals surface area contributed by atoms with Crippen molar-refractivity contribution >= 4 is 28.4 Å². The number of amides is 1. The monoisotopic (exact) mass is 348 g/mol. The molecule has 2 atom stereocenters. The van der Waals surface area contributed by atoms with E-state index in [4.69, 9.17) is 16.3 Å². The average Bonchev–Trinajstić information content (AvgIpc) is 2.60. The van der Waals surface area contributed by atoms with E-state index in [9.17, 15) is 9.90 Å². The van der Waals surface area contributed by atoms with Gasteiger partial charge in [0, 0.05) is 18.1 Å². The molecule has 1 aliphatic carbocycles. The highest BCUT2D eigenvalue weighted by Crippen LogP contribution is 2.29. The van der Waals surface area contributed by atoms with Gasteiger partial charge in [0.1, 0.15) is 11.3 Å². The van der Waals surface area contributed by atoms with Gasteiger partial charge in [0.2, 0.25) is 0 Å². The largest absolute Gasteiger partial charge is 0.481 e. The molecule has 1 heterocycles. The Labute approximate surface area is 146 Å². The second-order valence-electron chi connectivity index (χ2n) is 6.22. The van der Waals surface area contributed by atoms with Crippen LogP contribution < -0.4 is 10.1 Å². The number of nitrogens with one attached hydrogen (secondary N) is 1. The smallest absolute Gasteiger partial charge is 0.257 e. The fourth-order valence-corrected chi connectivity index (χ4v) is 3.34. The Hall–Kier alpha value is -1.85. The number of rotatable bonds is 5. The van der Waals surface area contributed by atoms with Crippen LogP contribution in [0.4, 0.5) is 0 Å². The average molecular weight is 349 g/mol. The molecule has 5 nitrogen and oxygen atoms in total. The van der Waals surface area contributed by atoms with Gasteiger partial charge in [-0.2, -0.15) is 0 Å². The van der Waals surface area contributed by atoms with E-state index >= 15 is 0 Å². The summed E-state index contributed by atoms with van der Waals surface area (Å²) in [6.45, 7) is 0.515. The fraction of sp³-hybridized carbons (Fsp3) is 0.444. The molecule has 6 heteroatoms. The van der Waals surface area contributed by atoms with Crippen LogP contribution in [0.2, 0.25) is 5.02 Å². The van der Waals surface area contributed by atoms with Gasteiger partial charge in [-0.1, -0.05) is 18.0 Å². The van der Waals surface area contributed by atoms with Gasteiger partial charge in [0.25, 0.3) is 5.91 Å². The molecular formula is C18H21ClN2O3. The highest BCUT2D eigenvalue weighted by molar-refractivity contribution is 6.35. The normalized spacial score (nSPS) is 20.8. The molecule has 1 saturated carbocycles. The third-order valence-electron chi connectivity index (χ3n) is 4.38. The number of ether oxygens (including phenoxy) is 1. The van der Waals surface area contributed by atoms with Gasteiger partial charge in [-0.05, 0) is 49.4 Å². The summed E-state index contributed by atoms with van der Waals surface area (Å²) in [5.74, 6) is 0.711. The summed E-state index contributed by atoms with van der Waals surface area (Å²) in [6, 6.07) is 7.14. The van der Waals surface area contributed by atoms with Crippen molar-refractivity contribution in [2.75, 3.05) is 13.2 Å². The minimum absolute atomic E-state index is 0.0669. The van der Waals surface area contributed by atoms with E-state index < -0.39 is 0 Å². The first-order valence-electron chi connectivity index (χ1n) is 8.24. The van der Waals surface area contributed by atoms with Crippen LogP contribution in [-0.2, 0) is 4.79 Å². The SMILES string of the molecule is O=C(COc1ccc(Cl)c2cccnc12)NCC1CCCC(O)C1. The van der Waals surface area contributed by atoms with Gasteiger partial charge in [0.15, 0.2) is 6.61 Å². The molecule has 2 N–H and O–H groups in total. The third-order valence-corrected chi connectivity index (χ3v) is 4.71. The standard InChI is InChI=1S/C18H21ClN2O3/c19-15-6-7-16(18-14(15)5-2-8-20-18)24-11-17(23)21-10-12-3-1-4-13(22)9-12/h2,5-8,12-13,22H,1,3-4,9-11H2,(H,21,23). The number of benzene rings is 1. The van der Waals surface area contributed by atoms with Gasteiger partial charge in [0.05, 0.1) is 11.1 Å². The summed E-state index contributed by atoms with van der Waals surface area (Å²) in [5, 5.41) is 13.9. The van der Waals surface area contributed by atoms with Crippen molar-refractivity contribution in [3.05, 3.63) is 35.5 Å². The maximum Gasteiger partial charge on any atom is 0.257 e. The molecule has 2 aromatic rings. The number of nitrogens with zero attached hydrogens (tertiary/aromatic N) is 1. The molecule has 1 fully saturated rings. The van der Waals surface area contributed by atoms with Crippen LogP contribution in [0, 0.1) is 5.92 Å². The van der Waals surface area contributed by atoms with Crippen LogP contribution in [0.15, 0.2) is 30.5 Å². The molecule has 24 heavy (non-hydrogen) atoms. The maximum atomic E-state index is 12.0. The Morgan fingerprint density at radius 3 is 3.08 bits per heavy atom. The van der Waals surface area contributed by atoms with E-state index in [0.29, 0.717) is 28.8 Å². The van der Waals surface area contributed by atoms with Gasteiger partial charge in [-0.3, -0.25) is 9.78 Å². The predicted octanol–water partition coefficient (Wildman–Crippen LogP) is 2.93. The number of halogens is 1. The Morgan fingerprint density at radius 1 is 1.38 bits per heavy atom. The summed E-state index contributed by atoms with van der Waals surface area (Å²) in [4.78, 5) is 16.3. The predicted molar refractivity (Wildman–Crippen MR) is 93.2 cm³/mol. The molecule has 2 unspecified atom stereocenters. The number of carbonyl (C=O) groups excluding carboxylic acids is 1. The summed E-state index contributed by atoms with van der Waals surface area (Å²) in [5.41, 5.74) is 0.646. The van der Waals surface area contributed by atoms with E-state index in [0.717, 1.165) is 31.1 Å². The van der Waals surface area contributed by atoms with Gasteiger partial charge in [-0.25, -0.2) is 0 Å². The van der Waals surface area contributed by atoms with Crippen LogP contribution in [-0.4, -0.2) is 35.3 Å². The topological polar surface area (TPSA) is 71.5 Å². The zero-order valence-electron chi connectivity index (χ0n) is 13.4. The quantitative estimate of drug-likeness (QED) is 0.871. The number of aliphatic hydroxyl groups excluding tert-OH is 1. The van der Waals surface area contributed by atoms with Crippen molar-refractivity contribution in [2.45, 2.75) is 31.8 Å². The molecule has 0 bridgehead atoms. The van der Waals surface area contributed by atoms with Crippen LogP contribution >= 0.6 is 11.6 Å². The fourth-order valence-electron chi connectivity index (χ4n) is 3.13. The van der Waals surface area contributed by atoms with Crippen molar-refractivity contribution in [3.63, 3.8) is 0 Å². The van der Waals surface area contributed by atoms with E-state index in [2.05, 4.69) is 10.3 Å². The number of fused-ring (bicyclic) bond motifs is 1. The number of aromatic nitrogens is 1. The first-order chi connectivity index (χ1) is 11.6. The lowest BCUT2D eigenvalue weighted by molar-refractivity contribution is -0.123. The van der Waals surface area contributed by atoms with Crippen LogP contribution in [0.5, 0.6) is 5.75 Å². The maximum absolute atomic E-state index is 12.0. The van der Waals surface area contributed by atoms with E-state index in [1.165, 1.54) is 0 Å². The summed E-state index contributed by atoms with van der Waals surface area (Å²) in [6.07, 6.45) is 5.12. The van der Waals surface area contributed by atoms with Gasteiger partial charge < -0.3 is 15.2 Å². The minimum Gasteiger partial charge on any atom is -0.481 e. The minimum atomic E-state index is -0.233. The molecule has 1 amide bonds. The van der Waals surface area contributed by atoms with Crippen LogP contribution in [0.25, 0.3) is 10.9 Å². The summed E-state index contributed by atoms with van der Waals surface area (Å²) < 4.78 is 5.61. The van der Waals surface area contributed by atoms with Gasteiger partial charge >= 0.3 is 0 Å². The van der Waals surface area contributed by atoms with Crippen LogP contribution in [0.1, 0.15) is 25.7 Å². The molecule has 0 saturated heterocycles. The van der Waals surface area contributed by atoms with E-state index in [1.807, 2.05) is 12.1 Å². The third kappa shape index (κ3) is 4.16. The van der Waals surface area contributed by atoms with Crippen LogP contribution in [0.3, 0.4) is 0 Å². The second-order valence-corrected chi connectivity index (χ2v) is 6.63. The highest BCUT2D eigenvalue weighted by Gasteiger charge is 2.20. The number of hydrogen-bond acceptors (Lipinski definition) is 4. The Balaban J connectivity index is 1.54. The first-order valence-corrected chi connectivity index (χ1v) is 8.62. The second kappa shape index (κ2) is 7.81. The molecule has 3 rings (SSSR count). The van der Waals surface area contributed by atoms with Gasteiger partial charge in [-0.15, -0.1) is 0 Å². The number of carbonyl (C=O) groups is 1. The molecule has 128 valence electrons. The molecule has 1 aliphatic rings. The zero-order chi connectivity index (χ0) is 16.9. The number of hydrogen-bond donors (Lipinski definition) is 2. The zero-order valence-corrected chi connectivity index (χ0v) is 14.1. The molecular weight excluding hydrogens is 328 g/mol.